The molecule has 1 aromatic heterocycles. The van der Waals surface area contributed by atoms with Gasteiger partial charge in [0.25, 0.3) is 0 Å². The molecule has 0 bridgehead atoms. The van der Waals surface area contributed by atoms with Crippen molar-refractivity contribution < 1.29 is 9.90 Å². The summed E-state index contributed by atoms with van der Waals surface area (Å²) in [6.45, 7) is 1.82. The van der Waals surface area contributed by atoms with E-state index in [1.165, 1.54) is 0 Å². The first-order chi connectivity index (χ1) is 7.63. The van der Waals surface area contributed by atoms with Crippen LogP contribution in [0.25, 0.3) is 10.9 Å². The van der Waals surface area contributed by atoms with Gasteiger partial charge in [-0.2, -0.15) is 0 Å². The second kappa shape index (κ2) is 3.89. The molecular formula is C12H13N2O2-. The number of aromatic nitrogens is 1. The molecule has 0 fully saturated rings. The van der Waals surface area contributed by atoms with Crippen LogP contribution in [0.4, 0.5) is 5.69 Å². The van der Waals surface area contributed by atoms with Crippen LogP contribution < -0.4 is 10.8 Å². The quantitative estimate of drug-likeness (QED) is 0.752. The lowest BCUT2D eigenvalue weighted by atomic mass is 9.96. The van der Waals surface area contributed by atoms with E-state index in [1.807, 2.05) is 13.0 Å². The van der Waals surface area contributed by atoms with Crippen LogP contribution in [0.15, 0.2) is 24.4 Å². The number of fused-ring (bicyclic) bond motifs is 1. The van der Waals surface area contributed by atoms with Crippen molar-refractivity contribution in [2.24, 2.45) is 0 Å². The van der Waals surface area contributed by atoms with Gasteiger partial charge in [0.2, 0.25) is 0 Å². The van der Waals surface area contributed by atoms with Crippen LogP contribution in [0, 0.1) is 0 Å². The topological polar surface area (TPSA) is 81.9 Å². The second-order valence-electron chi connectivity index (χ2n) is 3.83. The minimum atomic E-state index is -1.05. The molecule has 0 aliphatic carbocycles. The number of H-pyrrole nitrogens is 1. The Morgan fingerprint density at radius 2 is 2.31 bits per heavy atom. The van der Waals surface area contributed by atoms with Gasteiger partial charge in [-0.3, -0.25) is 0 Å². The summed E-state index contributed by atoms with van der Waals surface area (Å²) in [5.41, 5.74) is 7.95. The third-order valence-corrected chi connectivity index (χ3v) is 2.81. The number of carboxylic acids is 1. The summed E-state index contributed by atoms with van der Waals surface area (Å²) in [7, 11) is 0. The monoisotopic (exact) mass is 217 g/mol. The third-order valence-electron chi connectivity index (χ3n) is 2.81. The Hall–Kier alpha value is -1.97. The van der Waals surface area contributed by atoms with E-state index >= 15 is 0 Å². The van der Waals surface area contributed by atoms with Crippen LogP contribution >= 0.6 is 0 Å². The maximum atomic E-state index is 11.0. The van der Waals surface area contributed by atoms with Crippen molar-refractivity contribution in [1.82, 2.24) is 4.98 Å². The third kappa shape index (κ3) is 1.62. The van der Waals surface area contributed by atoms with Gasteiger partial charge >= 0.3 is 0 Å². The maximum Gasteiger partial charge on any atom is 0.0489 e. The number of carboxylic acid groups (broad SMARTS) is 1. The lowest BCUT2D eigenvalue weighted by Gasteiger charge is -2.15. The van der Waals surface area contributed by atoms with Gasteiger partial charge in [0, 0.05) is 34.7 Å². The highest BCUT2D eigenvalue weighted by Gasteiger charge is 2.15. The molecule has 2 rings (SSSR count). The predicted octanol–water partition coefficient (Wildman–Crippen LogP) is 0.994. The summed E-state index contributed by atoms with van der Waals surface area (Å²) in [6, 6.07) is 5.41. The van der Waals surface area contributed by atoms with E-state index < -0.39 is 11.9 Å². The minimum Gasteiger partial charge on any atom is -0.549 e. The van der Waals surface area contributed by atoms with Gasteiger partial charge < -0.3 is 20.6 Å². The first-order valence-corrected chi connectivity index (χ1v) is 5.21. The fourth-order valence-electron chi connectivity index (χ4n) is 1.96. The maximum absolute atomic E-state index is 11.0. The first kappa shape index (κ1) is 10.5. The Labute approximate surface area is 93.1 Å². The van der Waals surface area contributed by atoms with Crippen molar-refractivity contribution in [2.45, 2.75) is 19.3 Å². The zero-order chi connectivity index (χ0) is 11.7. The van der Waals surface area contributed by atoms with Crippen molar-refractivity contribution in [3.8, 4) is 0 Å². The molecule has 1 aromatic carbocycles. The van der Waals surface area contributed by atoms with Gasteiger partial charge in [0.15, 0.2) is 0 Å². The molecule has 4 heteroatoms. The number of rotatable bonds is 3. The molecule has 0 saturated heterocycles. The lowest BCUT2D eigenvalue weighted by molar-refractivity contribution is -0.308. The van der Waals surface area contributed by atoms with E-state index in [1.54, 1.807) is 18.3 Å². The van der Waals surface area contributed by atoms with Crippen molar-refractivity contribution in [2.75, 3.05) is 5.73 Å². The zero-order valence-electron chi connectivity index (χ0n) is 8.99. The molecule has 0 amide bonds. The molecule has 1 unspecified atom stereocenters. The van der Waals surface area contributed by atoms with Crippen LogP contribution in [0.1, 0.15) is 24.8 Å². The smallest absolute Gasteiger partial charge is 0.0489 e. The SMILES string of the molecule is CCC(C(=O)[O-])c1c[nH]c2ccc(N)cc12. The summed E-state index contributed by atoms with van der Waals surface area (Å²) in [5, 5.41) is 11.9. The molecule has 4 nitrogen and oxygen atoms in total. The highest BCUT2D eigenvalue weighted by Crippen LogP contribution is 2.28. The Morgan fingerprint density at radius 3 is 2.94 bits per heavy atom. The molecular weight excluding hydrogens is 204 g/mol. The summed E-state index contributed by atoms with van der Waals surface area (Å²) in [6.07, 6.45) is 2.22. The number of carbonyl (C=O) groups excluding carboxylic acids is 1. The number of carbonyl (C=O) groups is 1. The molecule has 2 aromatic rings. The fraction of sp³-hybridized carbons (Fsp3) is 0.250. The molecule has 3 N–H and O–H groups in total. The highest BCUT2D eigenvalue weighted by molar-refractivity contribution is 5.90. The molecule has 0 aliphatic rings. The Morgan fingerprint density at radius 1 is 1.56 bits per heavy atom. The summed E-state index contributed by atoms with van der Waals surface area (Å²) in [4.78, 5) is 14.0. The highest BCUT2D eigenvalue weighted by atomic mass is 16.4. The van der Waals surface area contributed by atoms with E-state index in [2.05, 4.69) is 4.98 Å². The Kier molecular flexibility index (Phi) is 2.56. The first-order valence-electron chi connectivity index (χ1n) is 5.21. The van der Waals surface area contributed by atoms with Crippen LogP contribution in [0.3, 0.4) is 0 Å². The number of nitrogens with one attached hydrogen (secondary N) is 1. The van der Waals surface area contributed by atoms with E-state index in [9.17, 15) is 9.90 Å². The number of hydrogen-bond donors (Lipinski definition) is 2. The molecule has 16 heavy (non-hydrogen) atoms. The van der Waals surface area contributed by atoms with Gasteiger partial charge in [-0.05, 0) is 30.2 Å². The van der Waals surface area contributed by atoms with E-state index in [0.717, 1.165) is 16.5 Å². The van der Waals surface area contributed by atoms with Gasteiger partial charge in [-0.15, -0.1) is 0 Å². The van der Waals surface area contributed by atoms with Crippen LogP contribution in [0.2, 0.25) is 0 Å². The van der Waals surface area contributed by atoms with Gasteiger partial charge in [0.1, 0.15) is 0 Å². The normalized spacial score (nSPS) is 12.8. The van der Waals surface area contributed by atoms with Crippen LogP contribution in [-0.2, 0) is 4.79 Å². The number of aliphatic carboxylic acids is 1. The molecule has 1 atom stereocenters. The van der Waals surface area contributed by atoms with Crippen molar-refractivity contribution in [1.29, 1.82) is 0 Å². The fourth-order valence-corrected chi connectivity index (χ4v) is 1.96. The summed E-state index contributed by atoms with van der Waals surface area (Å²) < 4.78 is 0. The minimum absolute atomic E-state index is 0.504. The number of benzene rings is 1. The number of nitrogens with two attached hydrogens (primary N) is 1. The zero-order valence-corrected chi connectivity index (χ0v) is 8.99. The largest absolute Gasteiger partial charge is 0.549 e. The molecule has 0 saturated carbocycles. The molecule has 0 spiro atoms. The van der Waals surface area contributed by atoms with Crippen molar-refractivity contribution >= 4 is 22.6 Å². The number of hydrogen-bond acceptors (Lipinski definition) is 3. The standard InChI is InChI=1S/C12H14N2O2/c1-2-8(12(15)16)10-6-14-11-4-3-7(13)5-9(10)11/h3-6,8,14H,2,13H2,1H3,(H,15,16)/p-1. The van der Waals surface area contributed by atoms with Crippen molar-refractivity contribution in [3.63, 3.8) is 0 Å². The van der Waals surface area contributed by atoms with E-state index in [-0.39, 0.29) is 0 Å². The number of anilines is 1. The molecule has 0 aliphatic heterocycles. The van der Waals surface area contributed by atoms with Crippen LogP contribution in [-0.4, -0.2) is 11.0 Å². The number of nitrogen functional groups attached to an aromatic ring is 1. The van der Waals surface area contributed by atoms with Gasteiger partial charge in [-0.25, -0.2) is 0 Å². The van der Waals surface area contributed by atoms with E-state index in [4.69, 9.17) is 5.73 Å². The summed E-state index contributed by atoms with van der Waals surface area (Å²) >= 11 is 0. The van der Waals surface area contributed by atoms with Gasteiger partial charge in [-0.1, -0.05) is 6.92 Å². The average molecular weight is 217 g/mol. The number of aromatic amines is 1. The second-order valence-corrected chi connectivity index (χ2v) is 3.83. The van der Waals surface area contributed by atoms with Crippen molar-refractivity contribution in [3.05, 3.63) is 30.0 Å². The Bertz CT molecular complexity index is 531. The molecule has 84 valence electrons. The van der Waals surface area contributed by atoms with Gasteiger partial charge in [0.05, 0.1) is 0 Å². The predicted molar refractivity (Wildman–Crippen MR) is 60.8 cm³/mol. The average Bonchev–Trinajstić information content (AvgIpc) is 2.62. The molecule has 0 radical (unpaired) electrons. The Balaban J connectivity index is 2.59. The molecule has 1 heterocycles. The lowest BCUT2D eigenvalue weighted by Crippen LogP contribution is -2.29. The summed E-state index contributed by atoms with van der Waals surface area (Å²) in [5.74, 6) is -1.64. The van der Waals surface area contributed by atoms with E-state index in [0.29, 0.717) is 12.1 Å². The van der Waals surface area contributed by atoms with Crippen LogP contribution in [0.5, 0.6) is 0 Å².